The van der Waals surface area contributed by atoms with Crippen LogP contribution in [0, 0.1) is 6.92 Å². The van der Waals surface area contributed by atoms with E-state index >= 15 is 0 Å². The summed E-state index contributed by atoms with van der Waals surface area (Å²) in [6.07, 6.45) is -3.69. The fraction of sp³-hybridized carbons (Fsp3) is 0.600. The van der Waals surface area contributed by atoms with E-state index in [1.54, 1.807) is 19.9 Å². The largest absolute Gasteiger partial charge is 0.327 e. The van der Waals surface area contributed by atoms with Crippen LogP contribution in [0.3, 0.4) is 0 Å². The normalized spacial score (nSPS) is 14.4. The summed E-state index contributed by atoms with van der Waals surface area (Å²) in [5, 5.41) is 2.43. The Kier molecular flexibility index (Phi) is 4.97. The van der Waals surface area contributed by atoms with E-state index in [1.807, 2.05) is 0 Å². The van der Waals surface area contributed by atoms with Crippen molar-refractivity contribution in [3.63, 3.8) is 0 Å². The Balaban J connectivity index is 3.13. The van der Waals surface area contributed by atoms with Gasteiger partial charge in [0.2, 0.25) is 0 Å². The summed E-state index contributed by atoms with van der Waals surface area (Å²) in [5.41, 5.74) is 0. The van der Waals surface area contributed by atoms with Gasteiger partial charge in [0.15, 0.2) is 0 Å². The summed E-state index contributed by atoms with van der Waals surface area (Å²) in [5.74, 6) is -4.09. The lowest BCUT2D eigenvalue weighted by Crippen LogP contribution is -2.42. The molecule has 0 bridgehead atoms. The van der Waals surface area contributed by atoms with Gasteiger partial charge < -0.3 is 5.32 Å². The van der Waals surface area contributed by atoms with Crippen molar-refractivity contribution in [2.75, 3.05) is 6.54 Å². The number of thiophene rings is 1. The molecule has 1 aromatic heterocycles. The molecule has 7 heteroatoms. The summed E-state index contributed by atoms with van der Waals surface area (Å²) in [4.78, 5) is 0.995. The van der Waals surface area contributed by atoms with Crippen molar-refractivity contribution >= 4 is 27.3 Å². The highest BCUT2D eigenvalue weighted by molar-refractivity contribution is 9.10. The average molecular weight is 334 g/mol. The Morgan fingerprint density at radius 2 is 2.06 bits per heavy atom. The first kappa shape index (κ1) is 14.9. The minimum atomic E-state index is -4.09. The van der Waals surface area contributed by atoms with Crippen LogP contribution in [0.2, 0.25) is 0 Å². The smallest absolute Gasteiger partial charge is 0.304 e. The second-order valence-electron chi connectivity index (χ2n) is 3.54. The lowest BCUT2D eigenvalue weighted by atomic mass is 10.1. The Morgan fingerprint density at radius 1 is 1.47 bits per heavy atom. The molecular formula is C10H12BrF4NS. The van der Waals surface area contributed by atoms with E-state index in [4.69, 9.17) is 0 Å². The molecule has 1 rings (SSSR count). The van der Waals surface area contributed by atoms with Crippen molar-refractivity contribution in [2.45, 2.75) is 32.2 Å². The second-order valence-corrected chi connectivity index (χ2v) is 5.68. The predicted molar refractivity (Wildman–Crippen MR) is 64.1 cm³/mol. The molecule has 0 amide bonds. The topological polar surface area (TPSA) is 12.0 Å². The zero-order valence-electron chi connectivity index (χ0n) is 9.24. The first-order chi connectivity index (χ1) is 7.80. The van der Waals surface area contributed by atoms with Crippen LogP contribution in [0.25, 0.3) is 0 Å². The number of alkyl halides is 4. The van der Waals surface area contributed by atoms with Gasteiger partial charge in [-0.25, -0.2) is 8.78 Å². The van der Waals surface area contributed by atoms with Crippen molar-refractivity contribution < 1.29 is 17.6 Å². The molecule has 98 valence electrons. The van der Waals surface area contributed by atoms with Crippen molar-refractivity contribution in [3.05, 3.63) is 20.3 Å². The molecule has 1 N–H and O–H groups in total. The number of rotatable bonds is 5. The maximum Gasteiger partial charge on any atom is 0.327 e. The van der Waals surface area contributed by atoms with Gasteiger partial charge >= 0.3 is 12.3 Å². The van der Waals surface area contributed by atoms with Crippen LogP contribution in [-0.4, -0.2) is 18.9 Å². The van der Waals surface area contributed by atoms with Crippen LogP contribution in [-0.2, 0) is 0 Å². The van der Waals surface area contributed by atoms with Gasteiger partial charge in [0, 0.05) is 14.2 Å². The molecule has 17 heavy (non-hydrogen) atoms. The highest BCUT2D eigenvalue weighted by Gasteiger charge is 2.50. The summed E-state index contributed by atoms with van der Waals surface area (Å²) in [7, 11) is 0. The molecule has 0 aliphatic heterocycles. The summed E-state index contributed by atoms with van der Waals surface area (Å²) < 4.78 is 52.1. The molecule has 0 aliphatic rings. The zero-order chi connectivity index (χ0) is 13.2. The zero-order valence-corrected chi connectivity index (χ0v) is 11.6. The lowest BCUT2D eigenvalue weighted by molar-refractivity contribution is -0.150. The first-order valence-electron chi connectivity index (χ1n) is 4.95. The molecule has 1 heterocycles. The van der Waals surface area contributed by atoms with Crippen molar-refractivity contribution in [1.82, 2.24) is 5.32 Å². The average Bonchev–Trinajstić information content (AvgIpc) is 2.53. The molecule has 0 aromatic carbocycles. The number of aryl methyl sites for hydroxylation is 1. The third-order valence-corrected chi connectivity index (χ3v) is 4.22. The standard InChI is InChI=1S/C10H12BrF4NS/c1-3-16-8(10(14,15)9(12)13)7-6(11)4-5(2)17-7/h4,8-9,16H,3H2,1-2H3. The quantitative estimate of drug-likeness (QED) is 0.789. The van der Waals surface area contributed by atoms with Crippen LogP contribution in [0.15, 0.2) is 10.5 Å². The summed E-state index contributed by atoms with van der Waals surface area (Å²) in [6.45, 7) is 3.53. The predicted octanol–water partition coefficient (Wildman–Crippen LogP) is 4.37. The van der Waals surface area contributed by atoms with Crippen LogP contribution < -0.4 is 5.32 Å². The molecule has 0 fully saturated rings. The summed E-state index contributed by atoms with van der Waals surface area (Å²) >= 11 is 4.21. The third-order valence-electron chi connectivity index (χ3n) is 2.18. The number of nitrogens with one attached hydrogen (secondary N) is 1. The van der Waals surface area contributed by atoms with Crippen molar-refractivity contribution in [1.29, 1.82) is 0 Å². The van der Waals surface area contributed by atoms with E-state index < -0.39 is 18.4 Å². The molecule has 0 saturated heterocycles. The van der Waals surface area contributed by atoms with E-state index in [0.717, 1.165) is 16.2 Å². The number of hydrogen-bond donors (Lipinski definition) is 1. The van der Waals surface area contributed by atoms with Gasteiger partial charge in [-0.1, -0.05) is 6.92 Å². The highest BCUT2D eigenvalue weighted by Crippen LogP contribution is 2.42. The second kappa shape index (κ2) is 5.67. The van der Waals surface area contributed by atoms with Gasteiger partial charge in [0.05, 0.1) is 0 Å². The van der Waals surface area contributed by atoms with Gasteiger partial charge in [0.25, 0.3) is 0 Å². The fourth-order valence-corrected chi connectivity index (χ4v) is 3.44. The van der Waals surface area contributed by atoms with E-state index in [-0.39, 0.29) is 11.4 Å². The van der Waals surface area contributed by atoms with E-state index in [0.29, 0.717) is 4.47 Å². The molecule has 0 radical (unpaired) electrons. The molecular weight excluding hydrogens is 322 g/mol. The monoisotopic (exact) mass is 333 g/mol. The van der Waals surface area contributed by atoms with E-state index in [1.165, 1.54) is 0 Å². The maximum atomic E-state index is 13.4. The van der Waals surface area contributed by atoms with Gasteiger partial charge in [-0.05, 0) is 35.5 Å². The van der Waals surface area contributed by atoms with E-state index in [2.05, 4.69) is 21.2 Å². The minimum Gasteiger partial charge on any atom is -0.304 e. The Morgan fingerprint density at radius 3 is 2.41 bits per heavy atom. The van der Waals surface area contributed by atoms with Crippen LogP contribution in [0.1, 0.15) is 22.7 Å². The lowest BCUT2D eigenvalue weighted by Gasteiger charge is -2.26. The molecule has 0 spiro atoms. The third kappa shape index (κ3) is 3.20. The summed E-state index contributed by atoms with van der Waals surface area (Å²) in [6, 6.07) is -0.0214. The van der Waals surface area contributed by atoms with Crippen molar-refractivity contribution in [3.8, 4) is 0 Å². The number of hydrogen-bond acceptors (Lipinski definition) is 2. The maximum absolute atomic E-state index is 13.4. The Hall–Kier alpha value is -0.140. The highest BCUT2D eigenvalue weighted by atomic mass is 79.9. The van der Waals surface area contributed by atoms with Crippen molar-refractivity contribution in [2.24, 2.45) is 0 Å². The molecule has 1 atom stereocenters. The van der Waals surface area contributed by atoms with E-state index in [9.17, 15) is 17.6 Å². The number of halogens is 5. The molecule has 0 aliphatic carbocycles. The fourth-order valence-electron chi connectivity index (χ4n) is 1.43. The molecule has 1 unspecified atom stereocenters. The van der Waals surface area contributed by atoms with Gasteiger partial charge in [-0.15, -0.1) is 11.3 Å². The minimum absolute atomic E-state index is 0.191. The Bertz CT molecular complexity index is 380. The van der Waals surface area contributed by atoms with Crippen LogP contribution in [0.5, 0.6) is 0 Å². The van der Waals surface area contributed by atoms with Gasteiger partial charge in [-0.2, -0.15) is 8.78 Å². The molecule has 1 aromatic rings. The van der Waals surface area contributed by atoms with Crippen LogP contribution in [0.4, 0.5) is 17.6 Å². The first-order valence-corrected chi connectivity index (χ1v) is 6.56. The van der Waals surface area contributed by atoms with Gasteiger partial charge in [-0.3, -0.25) is 0 Å². The Labute approximate surface area is 109 Å². The molecule has 0 saturated carbocycles. The SMILES string of the molecule is CCNC(c1sc(C)cc1Br)C(F)(F)C(F)F. The molecule has 1 nitrogen and oxygen atoms in total. The van der Waals surface area contributed by atoms with Crippen LogP contribution >= 0.6 is 27.3 Å². The van der Waals surface area contributed by atoms with Gasteiger partial charge in [0.1, 0.15) is 6.04 Å².